The Balaban J connectivity index is 1.63. The highest BCUT2D eigenvalue weighted by Crippen LogP contribution is 2.42. The van der Waals surface area contributed by atoms with E-state index in [4.69, 9.17) is 9.40 Å². The lowest BCUT2D eigenvalue weighted by Crippen LogP contribution is -2.32. The Morgan fingerprint density at radius 2 is 1.76 bits per heavy atom. The van der Waals surface area contributed by atoms with Gasteiger partial charge in [0, 0.05) is 11.5 Å². The molecule has 5 aromatic rings. The Labute approximate surface area is 197 Å². The summed E-state index contributed by atoms with van der Waals surface area (Å²) in [5.74, 6) is 0.0347. The van der Waals surface area contributed by atoms with Crippen molar-refractivity contribution in [1.82, 2.24) is 4.98 Å². The monoisotopic (exact) mass is 457 g/mol. The van der Waals surface area contributed by atoms with Gasteiger partial charge in [-0.2, -0.15) is 0 Å². The van der Waals surface area contributed by atoms with Gasteiger partial charge >= 0.3 is 0 Å². The number of hydrogen-bond acceptors (Lipinski definition) is 2. The predicted molar refractivity (Wildman–Crippen MR) is 131 cm³/mol. The lowest BCUT2D eigenvalue weighted by Gasteiger charge is -2.14. The molecule has 0 unspecified atom stereocenters. The molecule has 5 heteroatoms. The number of furan rings is 1. The van der Waals surface area contributed by atoms with E-state index in [1.165, 1.54) is 43.4 Å². The van der Waals surface area contributed by atoms with Crippen LogP contribution in [0.25, 0.3) is 44.1 Å². The molecule has 2 aromatic heterocycles. The quantitative estimate of drug-likeness (QED) is 0.267. The minimum absolute atomic E-state index is 0.318. The van der Waals surface area contributed by atoms with Gasteiger partial charge in [0.2, 0.25) is 0 Å². The molecular formula is C29H27F2N2O+. The van der Waals surface area contributed by atoms with Crippen LogP contribution < -0.4 is 4.57 Å². The standard InChI is InChI=1S/C29H27F2N2O/c1-16-17(2)27(31)26-22-11-9-20(30)14-24(22)34-29(26)25(16)28-21-10-8-19(12-18-6-4-5-7-18)13-23(21)32-15-33(28)3/h8-11,13-15,18H,4-7,12H2,1-3H3/q+1. The maximum absolute atomic E-state index is 15.5. The van der Waals surface area contributed by atoms with Crippen LogP contribution >= 0.6 is 0 Å². The first-order chi connectivity index (χ1) is 16.4. The highest BCUT2D eigenvalue weighted by atomic mass is 19.1. The van der Waals surface area contributed by atoms with Crippen LogP contribution in [-0.4, -0.2) is 4.98 Å². The topological polar surface area (TPSA) is 29.9 Å². The Morgan fingerprint density at radius 1 is 1.00 bits per heavy atom. The Hall–Kier alpha value is -3.34. The normalized spacial score (nSPS) is 14.7. The van der Waals surface area contributed by atoms with Crippen LogP contribution in [-0.2, 0) is 13.5 Å². The van der Waals surface area contributed by atoms with Crippen molar-refractivity contribution >= 4 is 32.8 Å². The smallest absolute Gasteiger partial charge is 0.287 e. The lowest BCUT2D eigenvalue weighted by molar-refractivity contribution is -0.662. The van der Waals surface area contributed by atoms with Crippen molar-refractivity contribution in [3.05, 3.63) is 71.1 Å². The van der Waals surface area contributed by atoms with Crippen LogP contribution in [0.15, 0.2) is 47.1 Å². The van der Waals surface area contributed by atoms with Crippen LogP contribution in [0.5, 0.6) is 0 Å². The average Bonchev–Trinajstić information content (AvgIpc) is 3.46. The number of nitrogens with zero attached hydrogens (tertiary/aromatic N) is 2. The van der Waals surface area contributed by atoms with E-state index in [1.807, 2.05) is 24.9 Å². The first kappa shape index (κ1) is 21.2. The third kappa shape index (κ3) is 3.21. The van der Waals surface area contributed by atoms with E-state index in [9.17, 15) is 4.39 Å². The molecule has 172 valence electrons. The van der Waals surface area contributed by atoms with Crippen LogP contribution in [0.4, 0.5) is 8.78 Å². The van der Waals surface area contributed by atoms with E-state index in [0.29, 0.717) is 27.5 Å². The van der Waals surface area contributed by atoms with E-state index in [0.717, 1.165) is 40.1 Å². The molecular weight excluding hydrogens is 430 g/mol. The van der Waals surface area contributed by atoms with Gasteiger partial charge in [0.15, 0.2) is 5.52 Å². The second-order valence-corrected chi connectivity index (χ2v) is 9.80. The van der Waals surface area contributed by atoms with E-state index >= 15 is 4.39 Å². The van der Waals surface area contributed by atoms with E-state index in [2.05, 4.69) is 18.2 Å². The molecule has 1 saturated carbocycles. The summed E-state index contributed by atoms with van der Waals surface area (Å²) in [6.45, 7) is 3.71. The summed E-state index contributed by atoms with van der Waals surface area (Å²) in [4.78, 5) is 4.71. The van der Waals surface area contributed by atoms with Crippen molar-refractivity contribution in [3.63, 3.8) is 0 Å². The van der Waals surface area contributed by atoms with Gasteiger partial charge in [-0.3, -0.25) is 0 Å². The van der Waals surface area contributed by atoms with E-state index in [1.54, 1.807) is 13.0 Å². The van der Waals surface area contributed by atoms with Gasteiger partial charge in [-0.15, -0.1) is 0 Å². The summed E-state index contributed by atoms with van der Waals surface area (Å²) in [5, 5.41) is 1.97. The fourth-order valence-corrected chi connectivity index (χ4v) is 5.73. The Bertz CT molecular complexity index is 1600. The number of rotatable bonds is 3. The summed E-state index contributed by atoms with van der Waals surface area (Å²) in [7, 11) is 1.94. The van der Waals surface area contributed by atoms with E-state index < -0.39 is 5.82 Å². The fraction of sp³-hybridized carbons (Fsp3) is 0.310. The zero-order chi connectivity index (χ0) is 23.6. The van der Waals surface area contributed by atoms with Crippen molar-refractivity contribution in [3.8, 4) is 11.3 Å². The summed E-state index contributed by atoms with van der Waals surface area (Å²) in [5.41, 5.74) is 6.13. The van der Waals surface area contributed by atoms with Crippen LogP contribution in [0, 0.1) is 31.4 Å². The second kappa shape index (κ2) is 7.86. The zero-order valence-corrected chi connectivity index (χ0v) is 19.7. The molecule has 3 nitrogen and oxygen atoms in total. The molecule has 0 spiro atoms. The van der Waals surface area contributed by atoms with Gasteiger partial charge in [0.25, 0.3) is 6.33 Å². The number of aromatic nitrogens is 2. The Morgan fingerprint density at radius 3 is 2.56 bits per heavy atom. The van der Waals surface area contributed by atoms with Crippen LogP contribution in [0.2, 0.25) is 0 Å². The van der Waals surface area contributed by atoms with Crippen molar-refractivity contribution in [2.45, 2.75) is 46.0 Å². The van der Waals surface area contributed by atoms with Gasteiger partial charge in [0.05, 0.1) is 23.4 Å². The largest absolute Gasteiger partial charge is 0.455 e. The molecule has 1 aliphatic rings. The molecule has 3 aromatic carbocycles. The highest BCUT2D eigenvalue weighted by Gasteiger charge is 2.27. The molecule has 6 rings (SSSR count). The third-order valence-corrected chi connectivity index (χ3v) is 7.64. The third-order valence-electron chi connectivity index (χ3n) is 7.64. The first-order valence-electron chi connectivity index (χ1n) is 12.0. The second-order valence-electron chi connectivity index (χ2n) is 9.80. The summed E-state index contributed by atoms with van der Waals surface area (Å²) < 4.78 is 37.5. The van der Waals surface area contributed by atoms with Crippen molar-refractivity contribution < 1.29 is 17.8 Å². The van der Waals surface area contributed by atoms with E-state index in [-0.39, 0.29) is 5.82 Å². The minimum Gasteiger partial charge on any atom is -0.455 e. The molecule has 34 heavy (non-hydrogen) atoms. The SMILES string of the molecule is Cc1c(C)c(F)c2c(oc3cc(F)ccc32)c1-c1c2ccc(CC3CCCC3)cc2nc[n+]1C. The highest BCUT2D eigenvalue weighted by molar-refractivity contribution is 6.12. The minimum atomic E-state index is -0.406. The van der Waals surface area contributed by atoms with Crippen LogP contribution in [0.3, 0.4) is 0 Å². The fourth-order valence-electron chi connectivity index (χ4n) is 5.73. The van der Waals surface area contributed by atoms with Crippen molar-refractivity contribution in [1.29, 1.82) is 0 Å². The summed E-state index contributed by atoms with van der Waals surface area (Å²) in [6, 6.07) is 10.8. The molecule has 0 saturated heterocycles. The number of fused-ring (bicyclic) bond motifs is 4. The van der Waals surface area contributed by atoms with Crippen molar-refractivity contribution in [2.24, 2.45) is 13.0 Å². The maximum Gasteiger partial charge on any atom is 0.287 e. The molecule has 0 N–H and O–H groups in total. The van der Waals surface area contributed by atoms with Gasteiger partial charge in [-0.25, -0.2) is 13.3 Å². The van der Waals surface area contributed by atoms with Crippen LogP contribution in [0.1, 0.15) is 42.4 Å². The number of hydrogen-bond donors (Lipinski definition) is 0. The van der Waals surface area contributed by atoms with Gasteiger partial charge in [-0.1, -0.05) is 31.7 Å². The van der Waals surface area contributed by atoms with Gasteiger partial charge < -0.3 is 4.42 Å². The number of aryl methyl sites for hydroxylation is 1. The van der Waals surface area contributed by atoms with Crippen molar-refractivity contribution in [2.75, 3.05) is 0 Å². The molecule has 0 radical (unpaired) electrons. The molecule has 0 bridgehead atoms. The average molecular weight is 458 g/mol. The van der Waals surface area contributed by atoms with Gasteiger partial charge in [0.1, 0.15) is 28.5 Å². The zero-order valence-electron chi connectivity index (χ0n) is 19.7. The Kier molecular flexibility index (Phi) is 4.91. The molecule has 1 fully saturated rings. The van der Waals surface area contributed by atoms with Gasteiger partial charge in [-0.05, 0) is 72.1 Å². The summed E-state index contributed by atoms with van der Waals surface area (Å²) in [6.07, 6.45) is 8.16. The first-order valence-corrected chi connectivity index (χ1v) is 12.0. The number of benzene rings is 3. The molecule has 0 atom stereocenters. The maximum atomic E-state index is 15.5. The molecule has 0 amide bonds. The summed E-state index contributed by atoms with van der Waals surface area (Å²) >= 11 is 0. The molecule has 2 heterocycles. The number of halogens is 2. The lowest BCUT2D eigenvalue weighted by atomic mass is 9.93. The predicted octanol–water partition coefficient (Wildman–Crippen LogP) is 7.25. The molecule has 1 aliphatic carbocycles. The molecule has 0 aliphatic heterocycles.